The van der Waals surface area contributed by atoms with Gasteiger partial charge in [0, 0.05) is 6.54 Å². The summed E-state index contributed by atoms with van der Waals surface area (Å²) >= 11 is 1.01. The number of methoxy groups -OCH3 is 1. The lowest BCUT2D eigenvalue weighted by atomic mass is 10.2. The van der Waals surface area contributed by atoms with Crippen molar-refractivity contribution in [1.82, 2.24) is 4.90 Å². The highest BCUT2D eigenvalue weighted by molar-refractivity contribution is 8.19. The number of amidine groups is 1. The first-order chi connectivity index (χ1) is 16.3. The normalized spacial score (nSPS) is 16.3. The molecule has 0 aliphatic carbocycles. The summed E-state index contributed by atoms with van der Waals surface area (Å²) in [6.45, 7) is 8.32. The van der Waals surface area contributed by atoms with Crippen LogP contribution in [0.15, 0.2) is 69.3 Å². The fraction of sp³-hybridized carbons (Fsp3) is 0.280. The number of sulfonamides is 1. The third kappa shape index (κ3) is 6.09. The predicted octanol–water partition coefficient (Wildman–Crippen LogP) is 5.03. The molecule has 0 aromatic heterocycles. The minimum atomic E-state index is -3.98. The number of ether oxygens (including phenoxy) is 2. The highest BCUT2D eigenvalue weighted by atomic mass is 32.2. The Morgan fingerprint density at radius 2 is 1.88 bits per heavy atom. The number of carbonyl (C=O) groups excluding carboxylic acids is 1. The van der Waals surface area contributed by atoms with Gasteiger partial charge in [0.05, 0.1) is 23.5 Å². The van der Waals surface area contributed by atoms with Crippen LogP contribution in [0.3, 0.4) is 0 Å². The summed E-state index contributed by atoms with van der Waals surface area (Å²) in [5, 5.41) is 0.0876. The molecule has 34 heavy (non-hydrogen) atoms. The first kappa shape index (κ1) is 25.6. The number of carbonyl (C=O) groups is 1. The predicted molar refractivity (Wildman–Crippen MR) is 137 cm³/mol. The third-order valence-electron chi connectivity index (χ3n) is 4.96. The molecule has 0 unspecified atom stereocenters. The van der Waals surface area contributed by atoms with Gasteiger partial charge in [-0.25, -0.2) is 0 Å². The van der Waals surface area contributed by atoms with Gasteiger partial charge in [-0.15, -0.1) is 11.0 Å². The lowest BCUT2D eigenvalue weighted by Gasteiger charge is -2.12. The maximum Gasteiger partial charge on any atom is 0.284 e. The van der Waals surface area contributed by atoms with Gasteiger partial charge < -0.3 is 9.47 Å². The highest BCUT2D eigenvalue weighted by Crippen LogP contribution is 2.35. The van der Waals surface area contributed by atoms with E-state index >= 15 is 0 Å². The summed E-state index contributed by atoms with van der Waals surface area (Å²) in [6, 6.07) is 11.8. The van der Waals surface area contributed by atoms with Crippen LogP contribution in [0.25, 0.3) is 6.08 Å². The molecule has 2 aromatic rings. The summed E-state index contributed by atoms with van der Waals surface area (Å²) in [6.07, 6.45) is 5.14. The van der Waals surface area contributed by atoms with Crippen molar-refractivity contribution in [1.29, 1.82) is 0 Å². The zero-order valence-corrected chi connectivity index (χ0v) is 21.1. The number of hydrogen-bond acceptors (Lipinski definition) is 6. The fourth-order valence-corrected chi connectivity index (χ4v) is 5.30. The van der Waals surface area contributed by atoms with E-state index in [-0.39, 0.29) is 22.5 Å². The van der Waals surface area contributed by atoms with Crippen LogP contribution in [0.4, 0.5) is 0 Å². The smallest absolute Gasteiger partial charge is 0.284 e. The van der Waals surface area contributed by atoms with Crippen molar-refractivity contribution in [3.8, 4) is 11.5 Å². The monoisotopic (exact) mass is 500 g/mol. The summed E-state index contributed by atoms with van der Waals surface area (Å²) < 4.78 is 40.9. The van der Waals surface area contributed by atoms with Gasteiger partial charge in [0.15, 0.2) is 16.7 Å². The van der Waals surface area contributed by atoms with Crippen LogP contribution in [0.1, 0.15) is 30.9 Å². The molecule has 1 aliphatic heterocycles. The Morgan fingerprint density at radius 1 is 1.15 bits per heavy atom. The average Bonchev–Trinajstić information content (AvgIpc) is 3.08. The van der Waals surface area contributed by atoms with E-state index in [1.807, 2.05) is 13.0 Å². The largest absolute Gasteiger partial charge is 0.493 e. The molecule has 1 fully saturated rings. The van der Waals surface area contributed by atoms with Crippen LogP contribution in [0.5, 0.6) is 11.5 Å². The van der Waals surface area contributed by atoms with Crippen molar-refractivity contribution in [3.05, 3.63) is 71.2 Å². The minimum Gasteiger partial charge on any atom is -0.493 e. The van der Waals surface area contributed by atoms with Crippen LogP contribution >= 0.6 is 11.8 Å². The quantitative estimate of drug-likeness (QED) is 0.258. The molecule has 0 bridgehead atoms. The average molecular weight is 501 g/mol. The van der Waals surface area contributed by atoms with Gasteiger partial charge in [0.25, 0.3) is 15.9 Å². The van der Waals surface area contributed by atoms with Gasteiger partial charge in [-0.1, -0.05) is 43.2 Å². The van der Waals surface area contributed by atoms with Crippen molar-refractivity contribution < 1.29 is 22.7 Å². The molecular formula is C25H28N2O5S2. The number of thioether (sulfide) groups is 1. The summed E-state index contributed by atoms with van der Waals surface area (Å²) in [5.74, 6) is 0.843. The number of nitrogens with zero attached hydrogens (tertiary/aromatic N) is 2. The first-order valence-corrected chi connectivity index (χ1v) is 13.1. The maximum atomic E-state index is 13.1. The van der Waals surface area contributed by atoms with E-state index in [1.165, 1.54) is 23.1 Å². The molecule has 1 heterocycles. The molecule has 0 saturated carbocycles. The second-order valence-corrected chi connectivity index (χ2v) is 10.2. The molecule has 0 radical (unpaired) electrons. The van der Waals surface area contributed by atoms with Gasteiger partial charge in [0.2, 0.25) is 0 Å². The minimum absolute atomic E-state index is 0.0682. The Bertz CT molecular complexity index is 1220. The molecule has 9 heteroatoms. The van der Waals surface area contributed by atoms with Crippen LogP contribution < -0.4 is 9.47 Å². The lowest BCUT2D eigenvalue weighted by molar-refractivity contribution is -0.121. The van der Waals surface area contributed by atoms with Crippen molar-refractivity contribution in [3.63, 3.8) is 0 Å². The molecule has 1 aliphatic rings. The number of benzene rings is 2. The Kier molecular flexibility index (Phi) is 8.57. The van der Waals surface area contributed by atoms with E-state index < -0.39 is 10.0 Å². The number of hydrogen-bond donors (Lipinski definition) is 0. The SMILES string of the molecule is C=CCN1C(=O)/C(=C/c2ccc(OC)c(OCCCC)c2)S/C1=N/S(=O)(=O)c1ccc(C)cc1. The molecule has 7 nitrogen and oxygen atoms in total. The second kappa shape index (κ2) is 11.4. The van der Waals surface area contributed by atoms with E-state index in [0.717, 1.165) is 35.7 Å². The first-order valence-electron chi connectivity index (χ1n) is 10.8. The van der Waals surface area contributed by atoms with Gasteiger partial charge >= 0.3 is 0 Å². The van der Waals surface area contributed by atoms with Crippen molar-refractivity contribution in [2.24, 2.45) is 4.40 Å². The van der Waals surface area contributed by atoms with E-state index in [0.29, 0.717) is 23.0 Å². The van der Waals surface area contributed by atoms with Crippen molar-refractivity contribution in [2.75, 3.05) is 20.3 Å². The lowest BCUT2D eigenvalue weighted by Crippen LogP contribution is -2.29. The molecule has 1 saturated heterocycles. The molecule has 0 atom stereocenters. The third-order valence-corrected chi connectivity index (χ3v) is 7.36. The van der Waals surface area contributed by atoms with Gasteiger partial charge in [-0.3, -0.25) is 9.69 Å². The fourth-order valence-electron chi connectivity index (χ4n) is 3.11. The Balaban J connectivity index is 1.94. The number of unbranched alkanes of at least 4 members (excludes halogenated alkanes) is 1. The van der Waals surface area contributed by atoms with E-state index in [2.05, 4.69) is 17.9 Å². The molecular weight excluding hydrogens is 472 g/mol. The van der Waals surface area contributed by atoms with Crippen LogP contribution in [-0.4, -0.2) is 44.7 Å². The van der Waals surface area contributed by atoms with Gasteiger partial charge in [0.1, 0.15) is 0 Å². The molecule has 0 N–H and O–H groups in total. The van der Waals surface area contributed by atoms with Crippen molar-refractivity contribution in [2.45, 2.75) is 31.6 Å². The Hall–Kier alpha value is -3.04. The number of aryl methyl sites for hydroxylation is 1. The number of rotatable bonds is 10. The van der Waals surface area contributed by atoms with Gasteiger partial charge in [-0.05, 0) is 61.0 Å². The zero-order valence-electron chi connectivity index (χ0n) is 19.5. The summed E-state index contributed by atoms with van der Waals surface area (Å²) in [7, 11) is -2.41. The molecule has 3 rings (SSSR count). The van der Waals surface area contributed by atoms with Gasteiger partial charge in [-0.2, -0.15) is 8.42 Å². The Morgan fingerprint density at radius 3 is 2.53 bits per heavy atom. The van der Waals surface area contributed by atoms with Crippen molar-refractivity contribution >= 4 is 38.9 Å². The molecule has 1 amide bonds. The zero-order chi connectivity index (χ0) is 24.7. The van der Waals surface area contributed by atoms with Crippen LogP contribution in [0.2, 0.25) is 0 Å². The highest BCUT2D eigenvalue weighted by Gasteiger charge is 2.34. The molecule has 2 aromatic carbocycles. The van der Waals surface area contributed by atoms with E-state index in [1.54, 1.807) is 37.5 Å². The van der Waals surface area contributed by atoms with Crippen LogP contribution in [0, 0.1) is 6.92 Å². The van der Waals surface area contributed by atoms with Crippen LogP contribution in [-0.2, 0) is 14.8 Å². The standard InChI is InChI=1S/C25H28N2O5S2/c1-5-7-15-32-22-16-19(10-13-21(22)31-4)17-23-24(28)27(14-6-2)25(33-23)26-34(29,30)20-11-8-18(3)9-12-20/h6,8-13,16-17H,2,5,7,14-15H2,1,3-4H3/b23-17-,26-25+. The molecule has 0 spiro atoms. The van der Waals surface area contributed by atoms with E-state index in [9.17, 15) is 13.2 Å². The molecule has 180 valence electrons. The Labute approximate surface area is 205 Å². The second-order valence-electron chi connectivity index (χ2n) is 7.59. The number of amides is 1. The van der Waals surface area contributed by atoms with E-state index in [4.69, 9.17) is 9.47 Å². The summed E-state index contributed by atoms with van der Waals surface area (Å²) in [5.41, 5.74) is 1.66. The maximum absolute atomic E-state index is 13.1. The summed E-state index contributed by atoms with van der Waals surface area (Å²) in [4.78, 5) is 14.8. The topological polar surface area (TPSA) is 85.3 Å².